The van der Waals surface area contributed by atoms with Gasteiger partial charge in [0.15, 0.2) is 0 Å². The van der Waals surface area contributed by atoms with Gasteiger partial charge in [-0.15, -0.1) is 0 Å². The molecule has 0 unspecified atom stereocenters. The van der Waals surface area contributed by atoms with Gasteiger partial charge in [-0.3, -0.25) is 14.4 Å². The first kappa shape index (κ1) is 26.3. The summed E-state index contributed by atoms with van der Waals surface area (Å²) in [6.45, 7) is 5.68. The average Bonchev–Trinajstić information content (AvgIpc) is 2.79. The molecule has 0 spiro atoms. The smallest absolute Gasteiger partial charge is 0.261 e. The van der Waals surface area contributed by atoms with E-state index in [-0.39, 0.29) is 28.9 Å². The lowest BCUT2D eigenvalue weighted by Crippen LogP contribution is -2.45. The van der Waals surface area contributed by atoms with Crippen molar-refractivity contribution in [3.63, 3.8) is 0 Å². The van der Waals surface area contributed by atoms with Crippen molar-refractivity contribution < 1.29 is 22.7 Å². The Bertz CT molecular complexity index is 1110. The minimum Gasteiger partial charge on any atom is -0.491 e. The van der Waals surface area contributed by atoms with Gasteiger partial charge in [0.1, 0.15) is 12.4 Å². The highest BCUT2D eigenvalue weighted by molar-refractivity contribution is 7.92. The summed E-state index contributed by atoms with van der Waals surface area (Å²) in [6, 6.07) is 10.6. The molecule has 1 aliphatic rings. The monoisotopic (exact) mass is 509 g/mol. The van der Waals surface area contributed by atoms with E-state index in [1.807, 2.05) is 14.0 Å². The van der Waals surface area contributed by atoms with Gasteiger partial charge >= 0.3 is 0 Å². The highest BCUT2D eigenvalue weighted by atomic mass is 35.5. The molecule has 3 atom stereocenters. The first-order valence-corrected chi connectivity index (χ1v) is 12.9. The number of nitrogens with one attached hydrogen (secondary N) is 1. The summed E-state index contributed by atoms with van der Waals surface area (Å²) in [6.07, 6.45) is -0.127. The van der Waals surface area contributed by atoms with Crippen LogP contribution in [0.1, 0.15) is 24.2 Å². The van der Waals surface area contributed by atoms with E-state index in [1.54, 1.807) is 37.3 Å². The first-order chi connectivity index (χ1) is 16.0. The van der Waals surface area contributed by atoms with E-state index in [4.69, 9.17) is 21.1 Å². The third kappa shape index (κ3) is 6.21. The maximum absolute atomic E-state index is 13.2. The second-order valence-electron chi connectivity index (χ2n) is 8.81. The van der Waals surface area contributed by atoms with Crippen LogP contribution in [-0.2, 0) is 14.8 Å². The summed E-state index contributed by atoms with van der Waals surface area (Å²) >= 11 is 5.87. The number of amides is 1. The highest BCUT2D eigenvalue weighted by Gasteiger charge is 2.27. The van der Waals surface area contributed by atoms with Crippen molar-refractivity contribution in [2.75, 3.05) is 45.6 Å². The molecule has 1 amide bonds. The van der Waals surface area contributed by atoms with Crippen molar-refractivity contribution in [3.8, 4) is 5.75 Å². The lowest BCUT2D eigenvalue weighted by molar-refractivity contribution is 0.0150. The van der Waals surface area contributed by atoms with Gasteiger partial charge in [0.25, 0.3) is 15.9 Å². The molecule has 2 aromatic carbocycles. The van der Waals surface area contributed by atoms with Crippen molar-refractivity contribution >= 4 is 33.2 Å². The standard InChI is InChI=1S/C24H32ClN3O5S/c1-16-13-27(3)17(2)15-33-22-12-19(26-34(30,31)20-9-6-18(25)7-10-20)8-11-21(22)24(29)28(4)14-23(16)32-5/h6-12,16-17,23,26H,13-15H2,1-5H3/t16-,17+,23+/m0/s1. The zero-order valence-electron chi connectivity index (χ0n) is 20.1. The first-order valence-electron chi connectivity index (χ1n) is 11.1. The van der Waals surface area contributed by atoms with Crippen LogP contribution >= 0.6 is 11.6 Å². The number of hydrogen-bond acceptors (Lipinski definition) is 6. The molecule has 34 heavy (non-hydrogen) atoms. The number of rotatable bonds is 4. The fourth-order valence-corrected chi connectivity index (χ4v) is 5.02. The van der Waals surface area contributed by atoms with Crippen LogP contribution in [0.5, 0.6) is 5.75 Å². The van der Waals surface area contributed by atoms with E-state index in [0.29, 0.717) is 35.2 Å². The van der Waals surface area contributed by atoms with E-state index in [9.17, 15) is 13.2 Å². The van der Waals surface area contributed by atoms with Crippen LogP contribution < -0.4 is 9.46 Å². The van der Waals surface area contributed by atoms with Gasteiger partial charge in [-0.05, 0) is 56.3 Å². The molecule has 8 nitrogen and oxygen atoms in total. The summed E-state index contributed by atoms with van der Waals surface area (Å²) < 4.78 is 39.9. The van der Waals surface area contributed by atoms with Crippen molar-refractivity contribution in [2.24, 2.45) is 5.92 Å². The molecule has 2 aromatic rings. The number of nitrogens with zero attached hydrogens (tertiary/aromatic N) is 2. The van der Waals surface area contributed by atoms with E-state index in [0.717, 1.165) is 6.54 Å². The molecule has 1 N–H and O–H groups in total. The van der Waals surface area contributed by atoms with Gasteiger partial charge in [0, 0.05) is 44.4 Å². The molecule has 0 radical (unpaired) electrons. The number of fused-ring (bicyclic) bond motifs is 1. The number of carbonyl (C=O) groups excluding carboxylic acids is 1. The molecule has 0 aromatic heterocycles. The normalized spacial score (nSPS) is 22.8. The molecule has 0 aliphatic carbocycles. The van der Waals surface area contributed by atoms with Crippen LogP contribution in [0.2, 0.25) is 5.02 Å². The third-order valence-electron chi connectivity index (χ3n) is 6.13. The minimum atomic E-state index is -3.84. The lowest BCUT2D eigenvalue weighted by Gasteiger charge is -2.34. The van der Waals surface area contributed by atoms with Gasteiger partial charge in [-0.2, -0.15) is 0 Å². The zero-order valence-corrected chi connectivity index (χ0v) is 21.7. The molecule has 1 aliphatic heterocycles. The molecule has 3 rings (SSSR count). The maximum atomic E-state index is 13.2. The largest absolute Gasteiger partial charge is 0.491 e. The van der Waals surface area contributed by atoms with Gasteiger partial charge in [-0.25, -0.2) is 8.42 Å². The highest BCUT2D eigenvalue weighted by Crippen LogP contribution is 2.28. The van der Waals surface area contributed by atoms with Gasteiger partial charge < -0.3 is 14.4 Å². The minimum absolute atomic E-state index is 0.0643. The van der Waals surface area contributed by atoms with Crippen LogP contribution in [0.25, 0.3) is 0 Å². The van der Waals surface area contributed by atoms with E-state index in [2.05, 4.69) is 16.5 Å². The molecular weight excluding hydrogens is 478 g/mol. The van der Waals surface area contributed by atoms with Gasteiger partial charge in [0.05, 0.1) is 22.3 Å². The van der Waals surface area contributed by atoms with E-state index >= 15 is 0 Å². The predicted molar refractivity (Wildman–Crippen MR) is 133 cm³/mol. The summed E-state index contributed by atoms with van der Waals surface area (Å²) in [5.74, 6) is 0.296. The molecule has 0 saturated carbocycles. The maximum Gasteiger partial charge on any atom is 0.261 e. The van der Waals surface area contributed by atoms with Crippen molar-refractivity contribution in [1.82, 2.24) is 9.80 Å². The Kier molecular flexibility index (Phi) is 8.46. The van der Waals surface area contributed by atoms with E-state index < -0.39 is 10.0 Å². The van der Waals surface area contributed by atoms with Crippen LogP contribution in [-0.4, -0.2) is 77.2 Å². The second-order valence-corrected chi connectivity index (χ2v) is 10.9. The quantitative estimate of drug-likeness (QED) is 0.677. The van der Waals surface area contributed by atoms with Crippen molar-refractivity contribution in [3.05, 3.63) is 53.1 Å². The Morgan fingerprint density at radius 1 is 1.09 bits per heavy atom. The molecule has 0 bridgehead atoms. The molecular formula is C24H32ClN3O5S. The topological polar surface area (TPSA) is 88.2 Å². The van der Waals surface area contributed by atoms with Crippen molar-refractivity contribution in [2.45, 2.75) is 30.9 Å². The molecule has 10 heteroatoms. The molecule has 0 fully saturated rings. The summed E-state index contributed by atoms with van der Waals surface area (Å²) in [4.78, 5) is 17.1. The number of carbonyl (C=O) groups is 1. The number of ether oxygens (including phenoxy) is 2. The molecule has 1 heterocycles. The summed E-state index contributed by atoms with van der Waals surface area (Å²) in [5.41, 5.74) is 0.649. The number of anilines is 1. The zero-order chi connectivity index (χ0) is 25.0. The van der Waals surface area contributed by atoms with Crippen LogP contribution in [0.15, 0.2) is 47.4 Å². The van der Waals surface area contributed by atoms with Crippen LogP contribution in [0, 0.1) is 5.92 Å². The molecule has 186 valence electrons. The second kappa shape index (κ2) is 10.9. The average molecular weight is 510 g/mol. The fourth-order valence-electron chi connectivity index (χ4n) is 3.84. The fraction of sp³-hybridized carbons (Fsp3) is 0.458. The summed E-state index contributed by atoms with van der Waals surface area (Å²) in [5, 5.41) is 0.443. The Labute approximate surface area is 206 Å². The number of hydrogen-bond donors (Lipinski definition) is 1. The van der Waals surface area contributed by atoms with Crippen LogP contribution in [0.4, 0.5) is 5.69 Å². The third-order valence-corrected chi connectivity index (χ3v) is 7.78. The van der Waals surface area contributed by atoms with Gasteiger partial charge in [-0.1, -0.05) is 18.5 Å². The number of methoxy groups -OCH3 is 1. The predicted octanol–water partition coefficient (Wildman–Crippen LogP) is 3.58. The Morgan fingerprint density at radius 3 is 2.41 bits per heavy atom. The van der Waals surface area contributed by atoms with Crippen LogP contribution in [0.3, 0.4) is 0 Å². The van der Waals surface area contributed by atoms with E-state index in [1.165, 1.54) is 24.3 Å². The number of likely N-dealkylation sites (N-methyl/N-ethyl adjacent to an activating group) is 2. The number of halogens is 1. The Morgan fingerprint density at radius 2 is 1.76 bits per heavy atom. The van der Waals surface area contributed by atoms with Crippen molar-refractivity contribution in [1.29, 1.82) is 0 Å². The molecule has 0 saturated heterocycles. The lowest BCUT2D eigenvalue weighted by atomic mass is 10.0. The Hall–Kier alpha value is -2.33. The SMILES string of the molecule is CO[C@@H]1CN(C)C(=O)c2ccc(NS(=O)(=O)c3ccc(Cl)cc3)cc2OC[C@@H](C)N(C)C[C@@H]1C. The summed E-state index contributed by atoms with van der Waals surface area (Å²) in [7, 11) is 1.56. The number of sulfonamides is 1. The Balaban J connectivity index is 1.94. The van der Waals surface area contributed by atoms with Gasteiger partial charge in [0.2, 0.25) is 0 Å². The number of benzene rings is 2.